The molecule has 0 amide bonds. The van der Waals surface area contributed by atoms with Crippen LogP contribution in [0, 0.1) is 0 Å². The second-order valence-electron chi connectivity index (χ2n) is 3.30. The second kappa shape index (κ2) is 5.14. The lowest BCUT2D eigenvalue weighted by Crippen LogP contribution is -2.05. The highest BCUT2D eigenvalue weighted by molar-refractivity contribution is 7.81. The monoisotopic (exact) mass is 251 g/mol. The number of benzene rings is 1. The van der Waals surface area contributed by atoms with Crippen LogP contribution in [0.2, 0.25) is 0 Å². The zero-order valence-corrected chi connectivity index (χ0v) is 10.0. The van der Waals surface area contributed by atoms with E-state index in [0.717, 1.165) is 10.6 Å². The van der Waals surface area contributed by atoms with E-state index < -0.39 is 0 Å². The van der Waals surface area contributed by atoms with Gasteiger partial charge in [-0.2, -0.15) is 0 Å². The summed E-state index contributed by atoms with van der Waals surface area (Å²) in [4.78, 5) is 6.12. The molecular formula is C12H10ClNOS. The van der Waals surface area contributed by atoms with Crippen molar-refractivity contribution in [2.24, 2.45) is 0 Å². The van der Waals surface area contributed by atoms with Crippen LogP contribution >= 0.6 is 23.8 Å². The number of anilines is 1. The number of para-hydroxylation sites is 1. The van der Waals surface area contributed by atoms with Crippen LogP contribution in [0.4, 0.5) is 5.69 Å². The highest BCUT2D eigenvalue weighted by atomic mass is 35.5. The third-order valence-corrected chi connectivity index (χ3v) is 2.92. The van der Waals surface area contributed by atoms with Gasteiger partial charge in [0.2, 0.25) is 0 Å². The average Bonchev–Trinajstić information content (AvgIpc) is 2.32. The summed E-state index contributed by atoms with van der Waals surface area (Å²) in [7, 11) is 0. The van der Waals surface area contributed by atoms with Crippen molar-refractivity contribution < 1.29 is 4.84 Å². The first-order valence-corrected chi connectivity index (χ1v) is 5.63. The largest absolute Gasteiger partial charge is 0.382 e. The van der Waals surface area contributed by atoms with Crippen LogP contribution in [0.3, 0.4) is 0 Å². The van der Waals surface area contributed by atoms with Gasteiger partial charge in [-0.3, -0.25) is 0 Å². The molecule has 1 aliphatic carbocycles. The Hall–Kier alpha value is -1.32. The molecule has 0 saturated carbocycles. The van der Waals surface area contributed by atoms with Gasteiger partial charge in [-0.05, 0) is 18.2 Å². The van der Waals surface area contributed by atoms with Gasteiger partial charge in [0.15, 0.2) is 5.76 Å². The van der Waals surface area contributed by atoms with Crippen LogP contribution in [0.25, 0.3) is 0 Å². The van der Waals surface area contributed by atoms with Crippen LogP contribution in [-0.4, -0.2) is 4.86 Å². The van der Waals surface area contributed by atoms with Crippen molar-refractivity contribution in [3.8, 4) is 0 Å². The van der Waals surface area contributed by atoms with Gasteiger partial charge in [-0.1, -0.05) is 42.0 Å². The van der Waals surface area contributed by atoms with Crippen LogP contribution in [0.15, 0.2) is 53.3 Å². The molecule has 0 fully saturated rings. The predicted octanol–water partition coefficient (Wildman–Crippen LogP) is 3.81. The summed E-state index contributed by atoms with van der Waals surface area (Å²) in [6, 6.07) is 9.64. The van der Waals surface area contributed by atoms with Crippen molar-refractivity contribution in [1.29, 1.82) is 0 Å². The highest BCUT2D eigenvalue weighted by Gasteiger charge is 2.09. The van der Waals surface area contributed by atoms with Gasteiger partial charge in [0.05, 0.1) is 10.7 Å². The summed E-state index contributed by atoms with van der Waals surface area (Å²) in [6.07, 6.45) is 4.25. The Morgan fingerprint density at radius 3 is 2.69 bits per heavy atom. The number of thiocarbonyl (C=S) groups is 1. The molecule has 0 heterocycles. The maximum Gasteiger partial charge on any atom is 0.152 e. The number of rotatable bonds is 3. The summed E-state index contributed by atoms with van der Waals surface area (Å²) < 4.78 is 0. The highest BCUT2D eigenvalue weighted by Crippen LogP contribution is 2.19. The van der Waals surface area contributed by atoms with Crippen molar-refractivity contribution in [2.75, 3.05) is 5.48 Å². The predicted molar refractivity (Wildman–Crippen MR) is 70.4 cm³/mol. The van der Waals surface area contributed by atoms with Crippen LogP contribution in [0.1, 0.15) is 6.42 Å². The van der Waals surface area contributed by atoms with Crippen molar-refractivity contribution in [3.63, 3.8) is 0 Å². The molecule has 0 saturated heterocycles. The smallest absolute Gasteiger partial charge is 0.152 e. The molecule has 16 heavy (non-hydrogen) atoms. The fourth-order valence-corrected chi connectivity index (χ4v) is 1.58. The lowest BCUT2D eigenvalue weighted by Gasteiger charge is -2.12. The Kier molecular flexibility index (Phi) is 3.59. The standard InChI is InChI=1S/C12H10ClNOS/c13-11-8-10(6-7-12(11)16)15-14-9-4-2-1-3-5-9/h1-6,8,14H,7H2. The SMILES string of the molecule is S=C1CC=C(ONc2ccccc2)C=C1Cl. The lowest BCUT2D eigenvalue weighted by molar-refractivity contribution is 0.298. The average molecular weight is 252 g/mol. The molecule has 0 atom stereocenters. The molecule has 0 unspecified atom stereocenters. The minimum atomic E-state index is 0.572. The molecule has 0 radical (unpaired) electrons. The quantitative estimate of drug-likeness (QED) is 0.652. The van der Waals surface area contributed by atoms with E-state index in [2.05, 4.69) is 5.48 Å². The van der Waals surface area contributed by atoms with Crippen molar-refractivity contribution >= 4 is 34.4 Å². The van der Waals surface area contributed by atoms with Gasteiger partial charge in [0.25, 0.3) is 0 Å². The topological polar surface area (TPSA) is 21.3 Å². The van der Waals surface area contributed by atoms with E-state index in [1.54, 1.807) is 6.08 Å². The van der Waals surface area contributed by atoms with E-state index in [4.69, 9.17) is 28.7 Å². The van der Waals surface area contributed by atoms with Gasteiger partial charge in [0, 0.05) is 17.4 Å². The summed E-state index contributed by atoms with van der Waals surface area (Å²) in [6.45, 7) is 0. The first-order valence-electron chi connectivity index (χ1n) is 4.84. The Balaban J connectivity index is 1.95. The summed E-state index contributed by atoms with van der Waals surface area (Å²) in [5, 5.41) is 0.572. The number of allylic oxidation sites excluding steroid dienone is 3. The lowest BCUT2D eigenvalue weighted by atomic mass is 10.2. The zero-order chi connectivity index (χ0) is 11.4. The third kappa shape index (κ3) is 2.84. The van der Waals surface area contributed by atoms with Crippen molar-refractivity contribution in [1.82, 2.24) is 0 Å². The number of hydrogen-bond acceptors (Lipinski definition) is 3. The second-order valence-corrected chi connectivity index (χ2v) is 4.20. The Bertz CT molecular complexity index is 453. The molecule has 0 aliphatic heterocycles. The molecule has 2 rings (SSSR count). The third-order valence-electron chi connectivity index (χ3n) is 2.08. The molecule has 82 valence electrons. The van der Waals surface area contributed by atoms with Crippen LogP contribution < -0.4 is 5.48 Å². The maximum atomic E-state index is 5.91. The molecule has 4 heteroatoms. The fourth-order valence-electron chi connectivity index (χ4n) is 1.25. The number of halogens is 1. The van der Waals surface area contributed by atoms with Gasteiger partial charge >= 0.3 is 0 Å². The Labute approximate surface area is 105 Å². The maximum absolute atomic E-state index is 5.91. The molecule has 0 spiro atoms. The first kappa shape index (κ1) is 11.2. The zero-order valence-electron chi connectivity index (χ0n) is 8.44. The number of nitrogens with one attached hydrogen (secondary N) is 1. The van der Waals surface area contributed by atoms with Gasteiger partial charge < -0.3 is 4.84 Å². The van der Waals surface area contributed by atoms with E-state index in [1.165, 1.54) is 0 Å². The van der Waals surface area contributed by atoms with E-state index in [-0.39, 0.29) is 0 Å². The minimum Gasteiger partial charge on any atom is -0.382 e. The van der Waals surface area contributed by atoms with E-state index in [1.807, 2.05) is 36.4 Å². The number of hydrogen-bond donors (Lipinski definition) is 1. The van der Waals surface area contributed by atoms with Gasteiger partial charge in [-0.15, -0.1) is 0 Å². The molecule has 1 N–H and O–H groups in total. The Morgan fingerprint density at radius 1 is 1.25 bits per heavy atom. The van der Waals surface area contributed by atoms with Crippen LogP contribution in [-0.2, 0) is 4.84 Å². The van der Waals surface area contributed by atoms with Gasteiger partial charge in [0.1, 0.15) is 0 Å². The minimum absolute atomic E-state index is 0.572. The van der Waals surface area contributed by atoms with E-state index in [0.29, 0.717) is 17.2 Å². The molecule has 0 aromatic heterocycles. The first-order chi connectivity index (χ1) is 7.75. The molecule has 1 aromatic carbocycles. The summed E-state index contributed by atoms with van der Waals surface area (Å²) in [5.41, 5.74) is 3.72. The van der Waals surface area contributed by atoms with E-state index in [9.17, 15) is 0 Å². The fraction of sp³-hybridized carbons (Fsp3) is 0.0833. The van der Waals surface area contributed by atoms with Crippen LogP contribution in [0.5, 0.6) is 0 Å². The molecule has 0 bridgehead atoms. The normalized spacial score (nSPS) is 15.2. The van der Waals surface area contributed by atoms with Gasteiger partial charge in [-0.25, -0.2) is 5.48 Å². The molecule has 2 nitrogen and oxygen atoms in total. The molecule has 1 aromatic rings. The molecular weight excluding hydrogens is 242 g/mol. The van der Waals surface area contributed by atoms with Crippen molar-refractivity contribution in [2.45, 2.75) is 6.42 Å². The summed E-state index contributed by atoms with van der Waals surface area (Å²) in [5.74, 6) is 0.683. The van der Waals surface area contributed by atoms with Crippen molar-refractivity contribution in [3.05, 3.63) is 53.3 Å². The van der Waals surface area contributed by atoms with E-state index >= 15 is 0 Å². The molecule has 1 aliphatic rings. The summed E-state index contributed by atoms with van der Waals surface area (Å²) >= 11 is 11.0. The Morgan fingerprint density at radius 2 is 2.00 bits per heavy atom.